The number of rotatable bonds is 7. The zero-order chi connectivity index (χ0) is 22.9. The minimum Gasteiger partial charge on any atom is -0.478 e. The molecule has 164 valence electrons. The largest absolute Gasteiger partial charge is 0.478 e. The van der Waals surface area contributed by atoms with Gasteiger partial charge in [-0.15, -0.1) is 11.3 Å². The zero-order valence-electron chi connectivity index (χ0n) is 15.5. The van der Waals surface area contributed by atoms with Crippen LogP contribution in [0.25, 0.3) is 0 Å². The van der Waals surface area contributed by atoms with Gasteiger partial charge in [0.25, 0.3) is 22.0 Å². The molecule has 0 spiro atoms. The zero-order valence-corrected chi connectivity index (χ0v) is 17.1. The minimum absolute atomic E-state index is 0.0354. The monoisotopic (exact) mass is 463 g/mol. The van der Waals surface area contributed by atoms with Gasteiger partial charge in [0.1, 0.15) is 11.7 Å². The quantitative estimate of drug-likeness (QED) is 0.162. The number of nitrogens with zero attached hydrogens (tertiary/aromatic N) is 3. The van der Waals surface area contributed by atoms with Gasteiger partial charge in [-0.05, 0) is 13.8 Å². The third-order valence-corrected chi connectivity index (χ3v) is 4.70. The molecule has 2 heterocycles. The first-order valence-electron chi connectivity index (χ1n) is 7.89. The molecule has 7 N–H and O–H groups in total. The molecule has 0 unspecified atom stereocenters. The van der Waals surface area contributed by atoms with Crippen molar-refractivity contribution in [2.75, 3.05) is 12.3 Å². The summed E-state index contributed by atoms with van der Waals surface area (Å²) in [5.74, 6) is -3.23. The number of thiazole rings is 1. The number of aliphatic carboxylic acids is 1. The molecule has 30 heavy (non-hydrogen) atoms. The van der Waals surface area contributed by atoms with Crippen molar-refractivity contribution in [3.05, 3.63) is 11.1 Å². The second kappa shape index (κ2) is 8.20. The fourth-order valence-corrected chi connectivity index (χ4v) is 2.82. The van der Waals surface area contributed by atoms with Crippen LogP contribution in [-0.4, -0.2) is 71.1 Å². The number of hydrogen-bond donors (Lipinski definition) is 5. The maximum absolute atomic E-state index is 12.6. The number of urea groups is 1. The smallest absolute Gasteiger partial charge is 0.350 e. The highest BCUT2D eigenvalue weighted by atomic mass is 32.2. The number of amides is 4. The van der Waals surface area contributed by atoms with Gasteiger partial charge in [0.2, 0.25) is 5.60 Å². The molecular weight excluding hydrogens is 446 g/mol. The number of hydrogen-bond acceptors (Lipinski definition) is 11. The van der Waals surface area contributed by atoms with Crippen molar-refractivity contribution >= 4 is 56.2 Å². The first kappa shape index (κ1) is 23.0. The summed E-state index contributed by atoms with van der Waals surface area (Å²) < 4.78 is 23.1. The minimum atomic E-state index is -4.37. The maximum Gasteiger partial charge on any atom is 0.350 e. The average Bonchev–Trinajstić information content (AvgIpc) is 3.02. The van der Waals surface area contributed by atoms with E-state index in [2.05, 4.69) is 20.6 Å². The van der Waals surface area contributed by atoms with Gasteiger partial charge in [-0.2, -0.15) is 8.42 Å². The Morgan fingerprint density at radius 2 is 2.07 bits per heavy atom. The van der Waals surface area contributed by atoms with Crippen LogP contribution in [0.3, 0.4) is 0 Å². The molecule has 1 aliphatic rings. The van der Waals surface area contributed by atoms with Crippen molar-refractivity contribution in [1.29, 1.82) is 0 Å². The van der Waals surface area contributed by atoms with Crippen LogP contribution in [0.2, 0.25) is 0 Å². The number of nitrogen functional groups attached to an aromatic ring is 1. The van der Waals surface area contributed by atoms with E-state index in [1.807, 2.05) is 0 Å². The third kappa shape index (κ3) is 5.39. The Morgan fingerprint density at radius 1 is 1.43 bits per heavy atom. The SMILES string of the molecule is CC(C)(ON=C(C(=O)N[C@H]1CN(C(=O)NS(N)(=O)=O)C1=O)c1csc(N)n1)C(=O)O. The number of nitrogens with one attached hydrogen (secondary N) is 2. The Morgan fingerprint density at radius 3 is 2.53 bits per heavy atom. The molecule has 0 saturated carbocycles. The number of oxime groups is 1. The first-order chi connectivity index (χ1) is 13.7. The standard InChI is InChI=1S/C13H17N7O8S2/c1-13(2,10(23)24)28-18-7(6-4-29-11(14)17-6)8(21)16-5-3-20(9(5)22)12(25)19-30(15,26)27/h4-5H,3H2,1-2H3,(H2,14,17)(H,16,21)(H,19,25)(H,23,24)(H2,15,26,27)/t5-/m0/s1. The van der Waals surface area contributed by atoms with E-state index in [0.717, 1.165) is 11.3 Å². The van der Waals surface area contributed by atoms with Gasteiger partial charge in [0.05, 0.1) is 6.54 Å². The number of carbonyl (C=O) groups is 4. The topological polar surface area (TPSA) is 236 Å². The molecule has 1 fully saturated rings. The van der Waals surface area contributed by atoms with Gasteiger partial charge in [0, 0.05) is 5.38 Å². The number of likely N-dealkylation sites (tertiary alicyclic amines) is 1. The highest BCUT2D eigenvalue weighted by molar-refractivity contribution is 7.87. The van der Waals surface area contributed by atoms with Crippen molar-refractivity contribution < 1.29 is 37.5 Å². The summed E-state index contributed by atoms with van der Waals surface area (Å²) in [6.45, 7) is 2.04. The summed E-state index contributed by atoms with van der Waals surface area (Å²) in [5, 5.41) is 21.0. The number of imide groups is 1. The number of nitrogens with two attached hydrogens (primary N) is 2. The van der Waals surface area contributed by atoms with Gasteiger partial charge in [-0.3, -0.25) is 14.5 Å². The van der Waals surface area contributed by atoms with E-state index in [-0.39, 0.29) is 17.4 Å². The van der Waals surface area contributed by atoms with E-state index in [9.17, 15) is 27.6 Å². The summed E-state index contributed by atoms with van der Waals surface area (Å²) in [5.41, 5.74) is 3.26. The molecule has 15 nitrogen and oxygen atoms in total. The van der Waals surface area contributed by atoms with E-state index in [1.54, 1.807) is 0 Å². The summed E-state index contributed by atoms with van der Waals surface area (Å²) in [4.78, 5) is 56.7. The van der Waals surface area contributed by atoms with Crippen LogP contribution in [0, 0.1) is 0 Å². The fraction of sp³-hybridized carbons (Fsp3) is 0.385. The molecule has 1 aliphatic heterocycles. The molecule has 0 aliphatic carbocycles. The van der Waals surface area contributed by atoms with Gasteiger partial charge < -0.3 is 21.0 Å². The highest BCUT2D eigenvalue weighted by Gasteiger charge is 2.43. The number of anilines is 1. The van der Waals surface area contributed by atoms with Crippen LogP contribution < -0.4 is 20.9 Å². The van der Waals surface area contributed by atoms with E-state index in [1.165, 1.54) is 23.9 Å². The molecule has 1 atom stereocenters. The lowest BCUT2D eigenvalue weighted by atomic mass is 10.1. The summed E-state index contributed by atoms with van der Waals surface area (Å²) in [7, 11) is -4.37. The second-order valence-electron chi connectivity index (χ2n) is 6.34. The van der Waals surface area contributed by atoms with Crippen LogP contribution in [0.15, 0.2) is 10.5 Å². The number of carboxylic acids is 1. The van der Waals surface area contributed by atoms with E-state index in [0.29, 0.717) is 4.90 Å². The Bertz CT molecular complexity index is 1030. The van der Waals surface area contributed by atoms with Crippen molar-refractivity contribution in [2.45, 2.75) is 25.5 Å². The molecule has 0 aromatic carbocycles. The fourth-order valence-electron chi connectivity index (χ4n) is 1.92. The average molecular weight is 463 g/mol. The summed E-state index contributed by atoms with van der Waals surface area (Å²) >= 11 is 0.976. The Hall–Kier alpha value is -3.31. The number of aromatic nitrogens is 1. The van der Waals surface area contributed by atoms with Crippen LogP contribution in [0.1, 0.15) is 19.5 Å². The number of carbonyl (C=O) groups excluding carboxylic acids is 3. The van der Waals surface area contributed by atoms with Crippen molar-refractivity contribution in [2.24, 2.45) is 10.3 Å². The third-order valence-electron chi connectivity index (χ3n) is 3.57. The molecule has 4 amide bonds. The number of β-lactam (4-membered cyclic amide) rings is 1. The van der Waals surface area contributed by atoms with Crippen LogP contribution in [0.4, 0.5) is 9.93 Å². The van der Waals surface area contributed by atoms with Crippen molar-refractivity contribution in [3.63, 3.8) is 0 Å². The Kier molecular flexibility index (Phi) is 6.28. The lowest BCUT2D eigenvalue weighted by Crippen LogP contribution is -2.68. The predicted octanol–water partition coefficient (Wildman–Crippen LogP) is -2.45. The van der Waals surface area contributed by atoms with Crippen molar-refractivity contribution in [1.82, 2.24) is 19.9 Å². The molecule has 1 aromatic rings. The number of carboxylic acid groups (broad SMARTS) is 1. The first-order valence-corrected chi connectivity index (χ1v) is 10.3. The molecule has 17 heteroatoms. The molecule has 0 bridgehead atoms. The van der Waals surface area contributed by atoms with E-state index in [4.69, 9.17) is 15.7 Å². The molecule has 2 rings (SSSR count). The molecular formula is C13H17N7O8S2. The predicted molar refractivity (Wildman–Crippen MR) is 101 cm³/mol. The molecule has 1 aromatic heterocycles. The van der Waals surface area contributed by atoms with E-state index < -0.39 is 51.4 Å². The summed E-state index contributed by atoms with van der Waals surface area (Å²) in [6.07, 6.45) is 0. The van der Waals surface area contributed by atoms with Gasteiger partial charge in [-0.1, -0.05) is 5.16 Å². The molecule has 1 saturated heterocycles. The second-order valence-corrected chi connectivity index (χ2v) is 8.53. The van der Waals surface area contributed by atoms with Gasteiger partial charge in [-0.25, -0.2) is 24.4 Å². The lowest BCUT2D eigenvalue weighted by Gasteiger charge is -2.36. The Labute approximate surface area is 173 Å². The Balaban J connectivity index is 2.13. The normalized spacial score (nSPS) is 17.2. The van der Waals surface area contributed by atoms with Crippen LogP contribution >= 0.6 is 11.3 Å². The van der Waals surface area contributed by atoms with Crippen LogP contribution in [0.5, 0.6) is 0 Å². The van der Waals surface area contributed by atoms with Crippen molar-refractivity contribution in [3.8, 4) is 0 Å². The van der Waals surface area contributed by atoms with Gasteiger partial charge in [0.15, 0.2) is 10.8 Å². The highest BCUT2D eigenvalue weighted by Crippen LogP contribution is 2.16. The summed E-state index contributed by atoms with van der Waals surface area (Å²) in [6, 6.07) is -2.46. The van der Waals surface area contributed by atoms with E-state index >= 15 is 0 Å². The molecule has 0 radical (unpaired) electrons. The maximum atomic E-state index is 12.6. The van der Waals surface area contributed by atoms with Crippen LogP contribution in [-0.2, 0) is 29.4 Å². The van der Waals surface area contributed by atoms with Gasteiger partial charge >= 0.3 is 12.0 Å². The lowest BCUT2D eigenvalue weighted by molar-refractivity contribution is -0.161.